The van der Waals surface area contributed by atoms with Crippen LogP contribution in [0.4, 0.5) is 0 Å². The molecule has 1 aromatic rings. The minimum atomic E-state index is 0.156. The Bertz CT molecular complexity index is 422. The van der Waals surface area contributed by atoms with E-state index in [1.165, 1.54) is 50.5 Å². The van der Waals surface area contributed by atoms with Gasteiger partial charge in [0, 0.05) is 5.54 Å². The average Bonchev–Trinajstić information content (AvgIpc) is 2.43. The van der Waals surface area contributed by atoms with E-state index in [0.29, 0.717) is 0 Å². The van der Waals surface area contributed by atoms with Crippen LogP contribution in [0.1, 0.15) is 44.1 Å². The minimum Gasteiger partial charge on any atom is -0.325 e. The zero-order chi connectivity index (χ0) is 12.9. The quantitative estimate of drug-likeness (QED) is 0.874. The summed E-state index contributed by atoms with van der Waals surface area (Å²) in [5.41, 5.74) is 8.55. The van der Waals surface area contributed by atoms with Crippen LogP contribution in [0, 0.1) is 23.7 Å². The van der Waals surface area contributed by atoms with Crippen LogP contribution in [0.5, 0.6) is 0 Å². The average molecular weight is 255 g/mol. The summed E-state index contributed by atoms with van der Waals surface area (Å²) in [6, 6.07) is 10.9. The molecule has 2 N–H and O–H groups in total. The van der Waals surface area contributed by atoms with Gasteiger partial charge in [-0.05, 0) is 74.2 Å². The van der Waals surface area contributed by atoms with E-state index in [4.69, 9.17) is 5.73 Å². The van der Waals surface area contributed by atoms with Gasteiger partial charge in [0.15, 0.2) is 0 Å². The fourth-order valence-electron chi connectivity index (χ4n) is 5.48. The van der Waals surface area contributed by atoms with Crippen molar-refractivity contribution < 1.29 is 0 Å². The second kappa shape index (κ2) is 4.34. The highest BCUT2D eigenvalue weighted by atomic mass is 14.8. The first kappa shape index (κ1) is 12.0. The summed E-state index contributed by atoms with van der Waals surface area (Å²) < 4.78 is 0. The van der Waals surface area contributed by atoms with E-state index in [1.54, 1.807) is 0 Å². The monoisotopic (exact) mass is 255 g/mol. The number of hydrogen-bond acceptors (Lipinski definition) is 1. The smallest absolute Gasteiger partial charge is 0.0215 e. The molecule has 4 saturated carbocycles. The molecule has 1 aromatic carbocycles. The SMILES string of the molecule is NC1(CCc2ccccc2)C2CC3CC(C2)CC1C3. The number of aryl methyl sites for hydroxylation is 1. The van der Waals surface area contributed by atoms with Gasteiger partial charge in [0.2, 0.25) is 0 Å². The van der Waals surface area contributed by atoms with Crippen molar-refractivity contribution in [1.82, 2.24) is 0 Å². The molecule has 102 valence electrons. The van der Waals surface area contributed by atoms with E-state index >= 15 is 0 Å². The summed E-state index contributed by atoms with van der Waals surface area (Å²) >= 11 is 0. The number of benzene rings is 1. The summed E-state index contributed by atoms with van der Waals surface area (Å²) in [5.74, 6) is 3.70. The largest absolute Gasteiger partial charge is 0.325 e. The van der Waals surface area contributed by atoms with Gasteiger partial charge in [0.25, 0.3) is 0 Å². The van der Waals surface area contributed by atoms with Gasteiger partial charge in [-0.1, -0.05) is 30.3 Å². The molecule has 0 saturated heterocycles. The molecule has 4 bridgehead atoms. The van der Waals surface area contributed by atoms with E-state index in [-0.39, 0.29) is 5.54 Å². The van der Waals surface area contributed by atoms with Crippen molar-refractivity contribution in [3.8, 4) is 0 Å². The van der Waals surface area contributed by atoms with Crippen LogP contribution in [0.3, 0.4) is 0 Å². The highest BCUT2D eigenvalue weighted by Gasteiger charge is 2.54. The van der Waals surface area contributed by atoms with Crippen molar-refractivity contribution in [2.24, 2.45) is 29.4 Å². The summed E-state index contributed by atoms with van der Waals surface area (Å²) in [7, 11) is 0. The topological polar surface area (TPSA) is 26.0 Å². The van der Waals surface area contributed by atoms with Crippen molar-refractivity contribution in [3.05, 3.63) is 35.9 Å². The Labute approximate surface area is 116 Å². The molecule has 0 unspecified atom stereocenters. The van der Waals surface area contributed by atoms with Gasteiger partial charge in [-0.3, -0.25) is 0 Å². The molecule has 4 fully saturated rings. The van der Waals surface area contributed by atoms with Crippen molar-refractivity contribution in [2.75, 3.05) is 0 Å². The molecule has 0 radical (unpaired) electrons. The van der Waals surface area contributed by atoms with Crippen molar-refractivity contribution in [1.29, 1.82) is 0 Å². The molecule has 0 aliphatic heterocycles. The Morgan fingerprint density at radius 2 is 1.47 bits per heavy atom. The van der Waals surface area contributed by atoms with Gasteiger partial charge in [-0.15, -0.1) is 0 Å². The number of hydrogen-bond donors (Lipinski definition) is 1. The van der Waals surface area contributed by atoms with E-state index < -0.39 is 0 Å². The Morgan fingerprint density at radius 3 is 2.05 bits per heavy atom. The molecule has 0 atom stereocenters. The van der Waals surface area contributed by atoms with E-state index in [9.17, 15) is 0 Å². The third-order valence-electron chi connectivity index (χ3n) is 6.35. The van der Waals surface area contributed by atoms with Gasteiger partial charge in [-0.25, -0.2) is 0 Å². The third-order valence-corrected chi connectivity index (χ3v) is 6.35. The van der Waals surface area contributed by atoms with Crippen molar-refractivity contribution in [2.45, 2.75) is 50.5 Å². The maximum atomic E-state index is 6.94. The molecule has 4 aliphatic carbocycles. The van der Waals surface area contributed by atoms with E-state index in [0.717, 1.165) is 23.7 Å². The molecule has 0 amide bonds. The highest BCUT2D eigenvalue weighted by Crippen LogP contribution is 2.58. The maximum absolute atomic E-state index is 6.94. The predicted octanol–water partition coefficient (Wildman–Crippen LogP) is 3.77. The fourth-order valence-corrected chi connectivity index (χ4v) is 5.48. The van der Waals surface area contributed by atoms with Crippen LogP contribution in [-0.2, 0) is 6.42 Å². The summed E-state index contributed by atoms with van der Waals surface area (Å²) in [5, 5.41) is 0. The third kappa shape index (κ3) is 1.94. The highest BCUT2D eigenvalue weighted by molar-refractivity contribution is 5.17. The van der Waals surface area contributed by atoms with Crippen LogP contribution in [0.15, 0.2) is 30.3 Å². The predicted molar refractivity (Wildman–Crippen MR) is 78.7 cm³/mol. The van der Waals surface area contributed by atoms with Crippen LogP contribution in [0.2, 0.25) is 0 Å². The summed E-state index contributed by atoms with van der Waals surface area (Å²) in [6.45, 7) is 0. The van der Waals surface area contributed by atoms with Gasteiger partial charge in [0.05, 0.1) is 0 Å². The molecule has 1 heteroatoms. The van der Waals surface area contributed by atoms with E-state index in [2.05, 4.69) is 30.3 Å². The number of nitrogens with two attached hydrogens (primary N) is 1. The summed E-state index contributed by atoms with van der Waals surface area (Å²) in [6.07, 6.45) is 9.60. The molecule has 1 nitrogen and oxygen atoms in total. The van der Waals surface area contributed by atoms with E-state index in [1.807, 2.05) is 0 Å². The molecule has 4 aliphatic rings. The zero-order valence-corrected chi connectivity index (χ0v) is 11.7. The Hall–Kier alpha value is -0.820. The lowest BCUT2D eigenvalue weighted by Crippen LogP contribution is -2.63. The van der Waals surface area contributed by atoms with Crippen molar-refractivity contribution in [3.63, 3.8) is 0 Å². The van der Waals surface area contributed by atoms with Gasteiger partial charge in [0.1, 0.15) is 0 Å². The number of rotatable bonds is 3. The Morgan fingerprint density at radius 1 is 0.895 bits per heavy atom. The Kier molecular flexibility index (Phi) is 2.73. The van der Waals surface area contributed by atoms with Crippen LogP contribution < -0.4 is 5.73 Å². The van der Waals surface area contributed by atoms with Crippen LogP contribution in [-0.4, -0.2) is 5.54 Å². The molecule has 0 spiro atoms. The maximum Gasteiger partial charge on any atom is 0.0215 e. The second-order valence-corrected chi connectivity index (χ2v) is 7.40. The van der Waals surface area contributed by atoms with Gasteiger partial charge in [-0.2, -0.15) is 0 Å². The Balaban J connectivity index is 1.50. The first-order chi connectivity index (χ1) is 9.24. The molecule has 0 heterocycles. The van der Waals surface area contributed by atoms with Gasteiger partial charge < -0.3 is 5.73 Å². The molecular weight excluding hydrogens is 230 g/mol. The minimum absolute atomic E-state index is 0.156. The molecule has 19 heavy (non-hydrogen) atoms. The standard InChI is InChI=1S/C18H25N/c19-18(7-6-13-4-2-1-3-5-13)16-9-14-8-15(11-16)12-17(18)10-14/h1-5,14-17H,6-12,19H2. The van der Waals surface area contributed by atoms with Crippen LogP contribution in [0.25, 0.3) is 0 Å². The lowest BCUT2D eigenvalue weighted by Gasteiger charge is -2.60. The summed E-state index contributed by atoms with van der Waals surface area (Å²) in [4.78, 5) is 0. The first-order valence-corrected chi connectivity index (χ1v) is 8.07. The molecule has 5 rings (SSSR count). The normalized spacial score (nSPS) is 43.6. The van der Waals surface area contributed by atoms with Crippen molar-refractivity contribution >= 4 is 0 Å². The van der Waals surface area contributed by atoms with Gasteiger partial charge >= 0.3 is 0 Å². The fraction of sp³-hybridized carbons (Fsp3) is 0.667. The molecule has 0 aromatic heterocycles. The lowest BCUT2D eigenvalue weighted by atomic mass is 9.48. The first-order valence-electron chi connectivity index (χ1n) is 8.07. The van der Waals surface area contributed by atoms with Crippen LogP contribution >= 0.6 is 0 Å². The molecular formula is C18H25N. The zero-order valence-electron chi connectivity index (χ0n) is 11.7. The second-order valence-electron chi connectivity index (χ2n) is 7.40. The lowest BCUT2D eigenvalue weighted by molar-refractivity contribution is -0.0585.